The molecule has 0 saturated heterocycles. The average Bonchev–Trinajstić information content (AvgIpc) is 3.52. The molecule has 1 saturated carbocycles. The minimum atomic E-state index is 0.0376. The molecule has 0 heterocycles. The smallest absolute Gasteiger partial charge is 0.234 e. The molecule has 2 nitrogen and oxygen atoms in total. The van der Waals surface area contributed by atoms with Crippen molar-refractivity contribution in [1.82, 2.24) is 0 Å². The van der Waals surface area contributed by atoms with Crippen molar-refractivity contribution in [1.29, 1.82) is 0 Å². The van der Waals surface area contributed by atoms with E-state index in [9.17, 15) is 4.79 Å². The summed E-state index contributed by atoms with van der Waals surface area (Å²) in [7, 11) is 0. The molecule has 1 aliphatic rings. The van der Waals surface area contributed by atoms with E-state index >= 15 is 0 Å². The van der Waals surface area contributed by atoms with Crippen molar-refractivity contribution in [2.24, 2.45) is 11.8 Å². The van der Waals surface area contributed by atoms with Crippen LogP contribution < -0.4 is 4.90 Å². The van der Waals surface area contributed by atoms with Crippen molar-refractivity contribution in [2.45, 2.75) is 25.7 Å². The van der Waals surface area contributed by atoms with Gasteiger partial charge in [0.2, 0.25) is 5.91 Å². The fourth-order valence-electron chi connectivity index (χ4n) is 4.13. The van der Waals surface area contributed by atoms with Gasteiger partial charge in [-0.2, -0.15) is 0 Å². The van der Waals surface area contributed by atoms with E-state index in [2.05, 4.69) is 37.3 Å². The summed E-state index contributed by atoms with van der Waals surface area (Å²) in [5.74, 6) is 1.18. The Morgan fingerprint density at radius 3 is 1.81 bits per heavy atom. The lowest BCUT2D eigenvalue weighted by atomic mass is 9.94. The van der Waals surface area contributed by atoms with Gasteiger partial charge in [0.25, 0.3) is 0 Å². The second-order valence-electron chi connectivity index (χ2n) is 7.28. The zero-order chi connectivity index (χ0) is 18.6. The molecule has 0 aliphatic heterocycles. The molecule has 0 bridgehead atoms. The third kappa shape index (κ3) is 3.66. The molecular weight excluding hydrogens is 330 g/mol. The van der Waals surface area contributed by atoms with Crippen LogP contribution in [-0.4, -0.2) is 5.91 Å². The molecule has 27 heavy (non-hydrogen) atoms. The lowest BCUT2D eigenvalue weighted by Gasteiger charge is -2.27. The molecule has 3 aromatic carbocycles. The van der Waals surface area contributed by atoms with Crippen LogP contribution >= 0.6 is 0 Å². The van der Waals surface area contributed by atoms with Gasteiger partial charge in [-0.3, -0.25) is 9.69 Å². The topological polar surface area (TPSA) is 20.3 Å². The Kier molecular flexibility index (Phi) is 5.06. The first-order chi connectivity index (χ1) is 13.3. The van der Waals surface area contributed by atoms with Gasteiger partial charge >= 0.3 is 0 Å². The number of anilines is 2. The number of rotatable bonds is 6. The number of hydrogen-bond acceptors (Lipinski definition) is 1. The Bertz CT molecular complexity index is 836. The molecule has 4 rings (SSSR count). The summed E-state index contributed by atoms with van der Waals surface area (Å²) in [6.45, 7) is 2.14. The fraction of sp³-hybridized carbons (Fsp3) is 0.240. The van der Waals surface area contributed by atoms with Gasteiger partial charge in [-0.25, -0.2) is 0 Å². The summed E-state index contributed by atoms with van der Waals surface area (Å²) in [5, 5.41) is 0. The van der Waals surface area contributed by atoms with E-state index in [0.29, 0.717) is 11.8 Å². The normalized spacial score (nSPS) is 19.3. The van der Waals surface area contributed by atoms with Crippen LogP contribution in [0.3, 0.4) is 0 Å². The third-order valence-corrected chi connectivity index (χ3v) is 5.59. The highest BCUT2D eigenvalue weighted by Crippen LogP contribution is 2.53. The summed E-state index contributed by atoms with van der Waals surface area (Å²) in [6, 6.07) is 30.6. The van der Waals surface area contributed by atoms with E-state index in [4.69, 9.17) is 0 Å². The zero-order valence-corrected chi connectivity index (χ0v) is 15.7. The molecule has 1 amide bonds. The molecule has 0 N–H and O–H groups in total. The van der Waals surface area contributed by atoms with Crippen molar-refractivity contribution in [2.75, 3.05) is 4.90 Å². The molecular formula is C25H25NO. The molecule has 1 fully saturated rings. The number of benzene rings is 3. The van der Waals surface area contributed by atoms with E-state index in [1.807, 2.05) is 65.6 Å². The van der Waals surface area contributed by atoms with Crippen LogP contribution in [0.1, 0.15) is 31.2 Å². The highest BCUT2D eigenvalue weighted by Gasteiger charge is 2.47. The van der Waals surface area contributed by atoms with Crippen LogP contribution in [0.4, 0.5) is 11.4 Å². The number of carbonyl (C=O) groups is 1. The summed E-state index contributed by atoms with van der Waals surface area (Å²) in [4.78, 5) is 15.6. The van der Waals surface area contributed by atoms with Gasteiger partial charge in [0.05, 0.1) is 0 Å². The first kappa shape index (κ1) is 17.5. The van der Waals surface area contributed by atoms with Gasteiger partial charge in [0.15, 0.2) is 0 Å². The van der Waals surface area contributed by atoms with Crippen LogP contribution in [0, 0.1) is 11.8 Å². The molecule has 1 aliphatic carbocycles. The lowest BCUT2D eigenvalue weighted by Crippen LogP contribution is -2.33. The summed E-state index contributed by atoms with van der Waals surface area (Å²) in [6.07, 6.45) is 1.97. The van der Waals surface area contributed by atoms with Gasteiger partial charge in [0, 0.05) is 17.3 Å². The van der Waals surface area contributed by atoms with Gasteiger partial charge in [-0.1, -0.05) is 73.7 Å². The maximum absolute atomic E-state index is 13.7. The summed E-state index contributed by atoms with van der Waals surface area (Å²) < 4.78 is 0. The van der Waals surface area contributed by atoms with Crippen LogP contribution in [0.2, 0.25) is 0 Å². The number of amides is 1. The van der Waals surface area contributed by atoms with Crippen molar-refractivity contribution >= 4 is 17.3 Å². The quantitative estimate of drug-likeness (QED) is 0.517. The molecule has 0 aromatic heterocycles. The second kappa shape index (κ2) is 7.79. The highest BCUT2D eigenvalue weighted by molar-refractivity contribution is 6.02. The third-order valence-electron chi connectivity index (χ3n) is 5.59. The van der Waals surface area contributed by atoms with Crippen LogP contribution in [-0.2, 0) is 4.79 Å². The van der Waals surface area contributed by atoms with Crippen LogP contribution in [0.15, 0.2) is 91.0 Å². The fourth-order valence-corrected chi connectivity index (χ4v) is 4.13. The predicted octanol–water partition coefficient (Wildman–Crippen LogP) is 6.18. The van der Waals surface area contributed by atoms with Crippen LogP contribution in [0.25, 0.3) is 0 Å². The molecule has 136 valence electrons. The summed E-state index contributed by atoms with van der Waals surface area (Å²) >= 11 is 0. The minimum absolute atomic E-state index is 0.0376. The predicted molar refractivity (Wildman–Crippen MR) is 111 cm³/mol. The number of carbonyl (C=O) groups excluding carboxylic acids is 1. The molecule has 3 aromatic rings. The van der Waals surface area contributed by atoms with E-state index in [1.165, 1.54) is 5.56 Å². The SMILES string of the molecule is CC[C@H](C(=O)N(c1ccccc1)c1ccccc1)[C@@H]1C[C@H]1c1ccccc1. The number of para-hydroxylation sites is 2. The standard InChI is InChI=1S/C25H25NO/c1-2-22(24-18-23(24)19-12-6-3-7-13-19)25(27)26(20-14-8-4-9-15-20)21-16-10-5-11-17-21/h3-17,22-24H,2,18H2,1H3/t22-,23-,24-/m0/s1. The Morgan fingerprint density at radius 2 is 1.33 bits per heavy atom. The van der Waals surface area contributed by atoms with Crippen molar-refractivity contribution in [3.8, 4) is 0 Å². The van der Waals surface area contributed by atoms with E-state index < -0.39 is 0 Å². The van der Waals surface area contributed by atoms with Crippen molar-refractivity contribution < 1.29 is 4.79 Å². The zero-order valence-electron chi connectivity index (χ0n) is 15.7. The van der Waals surface area contributed by atoms with E-state index in [-0.39, 0.29) is 11.8 Å². The number of hydrogen-bond donors (Lipinski definition) is 0. The highest BCUT2D eigenvalue weighted by atomic mass is 16.2. The molecule has 3 atom stereocenters. The number of nitrogens with zero attached hydrogens (tertiary/aromatic N) is 1. The Hall–Kier alpha value is -2.87. The van der Waals surface area contributed by atoms with Gasteiger partial charge in [-0.15, -0.1) is 0 Å². The van der Waals surface area contributed by atoms with Gasteiger partial charge in [0.1, 0.15) is 0 Å². The Balaban J connectivity index is 1.63. The first-order valence-electron chi connectivity index (χ1n) is 9.78. The van der Waals surface area contributed by atoms with E-state index in [1.54, 1.807) is 0 Å². The van der Waals surface area contributed by atoms with E-state index in [0.717, 1.165) is 24.2 Å². The molecule has 0 spiro atoms. The van der Waals surface area contributed by atoms with Crippen molar-refractivity contribution in [3.05, 3.63) is 96.6 Å². The average molecular weight is 355 g/mol. The Morgan fingerprint density at radius 1 is 0.852 bits per heavy atom. The van der Waals surface area contributed by atoms with Crippen LogP contribution in [0.5, 0.6) is 0 Å². The molecule has 0 unspecified atom stereocenters. The largest absolute Gasteiger partial charge is 0.281 e. The monoisotopic (exact) mass is 355 g/mol. The van der Waals surface area contributed by atoms with Crippen molar-refractivity contribution in [3.63, 3.8) is 0 Å². The molecule has 2 heteroatoms. The Labute approximate surface area is 161 Å². The first-order valence-corrected chi connectivity index (χ1v) is 9.78. The molecule has 0 radical (unpaired) electrons. The maximum atomic E-state index is 13.7. The minimum Gasteiger partial charge on any atom is -0.281 e. The maximum Gasteiger partial charge on any atom is 0.234 e. The summed E-state index contributed by atoms with van der Waals surface area (Å²) in [5.41, 5.74) is 3.23. The van der Waals surface area contributed by atoms with Gasteiger partial charge < -0.3 is 0 Å². The van der Waals surface area contributed by atoms with Gasteiger partial charge in [-0.05, 0) is 54.5 Å². The lowest BCUT2D eigenvalue weighted by molar-refractivity contribution is -0.122. The second-order valence-corrected chi connectivity index (χ2v) is 7.28.